The first-order chi connectivity index (χ1) is 16.2. The van der Waals surface area contributed by atoms with E-state index in [2.05, 4.69) is 4.98 Å². The zero-order chi connectivity index (χ0) is 24.5. The van der Waals surface area contributed by atoms with Gasteiger partial charge in [0.15, 0.2) is 0 Å². The lowest BCUT2D eigenvalue weighted by Gasteiger charge is -2.18. The molecule has 0 aliphatic carbocycles. The second-order valence-electron chi connectivity index (χ2n) is 7.37. The fourth-order valence-electron chi connectivity index (χ4n) is 3.60. The molecule has 0 spiro atoms. The Balaban J connectivity index is 1.98. The Morgan fingerprint density at radius 2 is 1.62 bits per heavy atom. The summed E-state index contributed by atoms with van der Waals surface area (Å²) in [5.41, 5.74) is -2.40. The average Bonchev–Trinajstić information content (AvgIpc) is 2.81. The molecule has 170 valence electrons. The molecule has 2 aromatic carbocycles. The molecule has 4 rings (SSSR count). The van der Waals surface area contributed by atoms with Crippen molar-refractivity contribution in [2.24, 2.45) is 0 Å². The number of nitrogens with zero attached hydrogens (tertiary/aromatic N) is 3. The van der Waals surface area contributed by atoms with Crippen molar-refractivity contribution >= 4 is 0 Å². The van der Waals surface area contributed by atoms with Gasteiger partial charge in [0.1, 0.15) is 23.3 Å². The molecule has 0 saturated heterocycles. The van der Waals surface area contributed by atoms with E-state index >= 15 is 0 Å². The standard InChI is InChI=1S/C25H14F5N3O/c26-19-5-4-18(22(27)11-19)14-33-23(12-21(25(28,29)30)20(13-31)24(33)34)17-3-1-2-16(10-17)15-6-8-32-9-7-15/h1-12H,14H2. The maximum absolute atomic E-state index is 14.3. The number of pyridine rings is 2. The number of aromatic nitrogens is 2. The Morgan fingerprint density at radius 1 is 0.912 bits per heavy atom. The van der Waals surface area contributed by atoms with Crippen molar-refractivity contribution in [3.63, 3.8) is 0 Å². The first kappa shape index (κ1) is 22.9. The fourth-order valence-corrected chi connectivity index (χ4v) is 3.60. The minimum absolute atomic E-state index is 0.126. The predicted molar refractivity (Wildman–Crippen MR) is 115 cm³/mol. The van der Waals surface area contributed by atoms with Crippen LogP contribution in [0.25, 0.3) is 22.4 Å². The van der Waals surface area contributed by atoms with Crippen LogP contribution in [0.1, 0.15) is 16.7 Å². The molecule has 34 heavy (non-hydrogen) atoms. The third-order valence-corrected chi connectivity index (χ3v) is 5.23. The van der Waals surface area contributed by atoms with Gasteiger partial charge >= 0.3 is 6.18 Å². The van der Waals surface area contributed by atoms with Crippen molar-refractivity contribution in [2.45, 2.75) is 12.7 Å². The van der Waals surface area contributed by atoms with Crippen LogP contribution in [0.3, 0.4) is 0 Å². The molecule has 0 atom stereocenters. The molecule has 0 N–H and O–H groups in total. The van der Waals surface area contributed by atoms with E-state index < -0.39 is 41.0 Å². The summed E-state index contributed by atoms with van der Waals surface area (Å²) in [7, 11) is 0. The second-order valence-corrected chi connectivity index (χ2v) is 7.37. The topological polar surface area (TPSA) is 58.7 Å². The maximum Gasteiger partial charge on any atom is 0.417 e. The van der Waals surface area contributed by atoms with Crippen LogP contribution in [0.2, 0.25) is 0 Å². The predicted octanol–water partition coefficient (Wildman–Crippen LogP) is 5.79. The van der Waals surface area contributed by atoms with E-state index in [-0.39, 0.29) is 16.8 Å². The number of halogens is 5. The minimum atomic E-state index is -4.97. The largest absolute Gasteiger partial charge is 0.417 e. The van der Waals surface area contributed by atoms with Gasteiger partial charge in [-0.25, -0.2) is 8.78 Å². The molecule has 0 saturated carbocycles. The van der Waals surface area contributed by atoms with Crippen LogP contribution in [-0.2, 0) is 12.7 Å². The average molecular weight is 467 g/mol. The molecule has 9 heteroatoms. The van der Waals surface area contributed by atoms with Crippen molar-refractivity contribution in [3.05, 3.63) is 112 Å². The normalized spacial score (nSPS) is 11.3. The minimum Gasteiger partial charge on any atom is -0.303 e. The molecule has 2 heterocycles. The molecule has 0 fully saturated rings. The summed E-state index contributed by atoms with van der Waals surface area (Å²) in [4.78, 5) is 17.0. The van der Waals surface area contributed by atoms with Gasteiger partial charge in [-0.3, -0.25) is 9.78 Å². The van der Waals surface area contributed by atoms with Gasteiger partial charge < -0.3 is 4.57 Å². The first-order valence-corrected chi connectivity index (χ1v) is 9.89. The summed E-state index contributed by atoms with van der Waals surface area (Å²) in [6, 6.07) is 14.5. The molecular formula is C25H14F5N3O. The molecule has 0 bridgehead atoms. The van der Waals surface area contributed by atoms with Crippen LogP contribution in [0.5, 0.6) is 0 Å². The third kappa shape index (κ3) is 4.43. The highest BCUT2D eigenvalue weighted by molar-refractivity contribution is 5.72. The van der Waals surface area contributed by atoms with Gasteiger partial charge in [-0.1, -0.05) is 24.3 Å². The van der Waals surface area contributed by atoms with Crippen LogP contribution in [0.15, 0.2) is 77.9 Å². The highest BCUT2D eigenvalue weighted by Gasteiger charge is 2.36. The second kappa shape index (κ2) is 8.90. The number of nitriles is 1. The summed E-state index contributed by atoms with van der Waals surface area (Å²) in [5, 5.41) is 9.31. The van der Waals surface area contributed by atoms with Gasteiger partial charge in [0.25, 0.3) is 5.56 Å². The molecule has 0 radical (unpaired) electrons. The first-order valence-electron chi connectivity index (χ1n) is 9.89. The van der Waals surface area contributed by atoms with Crippen LogP contribution in [0.4, 0.5) is 22.0 Å². The van der Waals surface area contributed by atoms with E-state index in [1.54, 1.807) is 42.7 Å². The Hall–Kier alpha value is -4.32. The SMILES string of the molecule is N#Cc1c(C(F)(F)F)cc(-c2cccc(-c3ccncc3)c2)n(Cc2ccc(F)cc2F)c1=O. The Kier molecular flexibility index (Phi) is 5.99. The molecule has 4 aromatic rings. The van der Waals surface area contributed by atoms with Gasteiger partial charge in [0.2, 0.25) is 0 Å². The Labute approximate surface area is 190 Å². The molecular weight excluding hydrogens is 453 g/mol. The highest BCUT2D eigenvalue weighted by atomic mass is 19.4. The number of benzene rings is 2. The van der Waals surface area contributed by atoms with Gasteiger partial charge in [0.05, 0.1) is 17.8 Å². The molecule has 0 amide bonds. The maximum atomic E-state index is 14.3. The quantitative estimate of drug-likeness (QED) is 0.357. The molecule has 4 nitrogen and oxygen atoms in total. The van der Waals surface area contributed by atoms with Crippen LogP contribution >= 0.6 is 0 Å². The fraction of sp³-hybridized carbons (Fsp3) is 0.0800. The summed E-state index contributed by atoms with van der Waals surface area (Å²) < 4.78 is 69.7. The van der Waals surface area contributed by atoms with E-state index in [9.17, 15) is 32.0 Å². The lowest BCUT2D eigenvalue weighted by molar-refractivity contribution is -0.137. The molecule has 0 unspecified atom stereocenters. The van der Waals surface area contributed by atoms with E-state index in [4.69, 9.17) is 0 Å². The smallest absolute Gasteiger partial charge is 0.303 e. The van der Waals surface area contributed by atoms with E-state index in [1.807, 2.05) is 0 Å². The van der Waals surface area contributed by atoms with E-state index in [0.29, 0.717) is 17.7 Å². The summed E-state index contributed by atoms with van der Waals surface area (Å²) >= 11 is 0. The van der Waals surface area contributed by atoms with Crippen LogP contribution in [-0.4, -0.2) is 9.55 Å². The van der Waals surface area contributed by atoms with Crippen molar-refractivity contribution < 1.29 is 22.0 Å². The number of rotatable bonds is 4. The number of alkyl halides is 3. The zero-order valence-electron chi connectivity index (χ0n) is 17.3. The lowest BCUT2D eigenvalue weighted by atomic mass is 9.99. The summed E-state index contributed by atoms with van der Waals surface area (Å²) in [6.07, 6.45) is -1.86. The number of hydrogen-bond acceptors (Lipinski definition) is 3. The van der Waals surface area contributed by atoms with Gasteiger partial charge in [0, 0.05) is 24.0 Å². The van der Waals surface area contributed by atoms with Crippen LogP contribution in [0, 0.1) is 23.0 Å². The summed E-state index contributed by atoms with van der Waals surface area (Å²) in [6.45, 7) is -0.507. The molecule has 0 aliphatic heterocycles. The van der Waals surface area contributed by atoms with Gasteiger partial charge in [-0.05, 0) is 47.0 Å². The Morgan fingerprint density at radius 3 is 2.26 bits per heavy atom. The van der Waals surface area contributed by atoms with Crippen molar-refractivity contribution in [3.8, 4) is 28.5 Å². The lowest BCUT2D eigenvalue weighted by Crippen LogP contribution is -2.29. The van der Waals surface area contributed by atoms with Crippen molar-refractivity contribution in [1.29, 1.82) is 5.26 Å². The third-order valence-electron chi connectivity index (χ3n) is 5.23. The van der Waals surface area contributed by atoms with E-state index in [0.717, 1.165) is 22.3 Å². The summed E-state index contributed by atoms with van der Waals surface area (Å²) in [5.74, 6) is -1.81. The van der Waals surface area contributed by atoms with E-state index in [1.165, 1.54) is 12.1 Å². The highest BCUT2D eigenvalue weighted by Crippen LogP contribution is 2.34. The van der Waals surface area contributed by atoms with Gasteiger partial charge in [-0.2, -0.15) is 18.4 Å². The molecule has 2 aromatic heterocycles. The zero-order valence-corrected chi connectivity index (χ0v) is 17.3. The Bertz CT molecular complexity index is 1470. The van der Waals surface area contributed by atoms with Crippen molar-refractivity contribution in [2.75, 3.05) is 0 Å². The molecule has 0 aliphatic rings. The van der Waals surface area contributed by atoms with Gasteiger partial charge in [-0.15, -0.1) is 0 Å². The van der Waals surface area contributed by atoms with Crippen molar-refractivity contribution in [1.82, 2.24) is 9.55 Å². The number of hydrogen-bond donors (Lipinski definition) is 0. The monoisotopic (exact) mass is 467 g/mol. The van der Waals surface area contributed by atoms with Crippen LogP contribution < -0.4 is 5.56 Å².